The molecule has 6 nitrogen and oxygen atoms in total. The number of ether oxygens (including phenoxy) is 1. The third-order valence-electron chi connectivity index (χ3n) is 5.32. The molecule has 0 atom stereocenters. The highest BCUT2D eigenvalue weighted by Gasteiger charge is 2.14. The van der Waals surface area contributed by atoms with Gasteiger partial charge in [0.1, 0.15) is 5.75 Å². The Morgan fingerprint density at radius 1 is 1.07 bits per heavy atom. The number of nitrogens with zero attached hydrogens (tertiary/aromatic N) is 4. The molecule has 1 aliphatic heterocycles. The molecule has 1 fully saturated rings. The zero-order valence-corrected chi connectivity index (χ0v) is 21.0. The Labute approximate surface area is 194 Å². The monoisotopic (exact) mass is 517 g/mol. The molecule has 1 saturated heterocycles. The largest absolute Gasteiger partial charge is 0.494 e. The van der Waals surface area contributed by atoms with Crippen LogP contribution >= 0.6 is 24.0 Å². The van der Waals surface area contributed by atoms with Crippen LogP contribution in [0.5, 0.6) is 5.75 Å². The molecule has 1 aromatic rings. The number of likely N-dealkylation sites (N-methyl/N-ethyl adjacent to an activating group) is 1. The summed E-state index contributed by atoms with van der Waals surface area (Å²) in [6, 6.07) is 8.30. The summed E-state index contributed by atoms with van der Waals surface area (Å²) in [4.78, 5) is 11.7. The van der Waals surface area contributed by atoms with Crippen LogP contribution in [0.3, 0.4) is 0 Å². The predicted molar refractivity (Wildman–Crippen MR) is 134 cm³/mol. The molecule has 0 saturated carbocycles. The molecule has 0 radical (unpaired) electrons. The lowest BCUT2D eigenvalue weighted by Crippen LogP contribution is -2.46. The zero-order chi connectivity index (χ0) is 20.2. The Morgan fingerprint density at radius 3 is 2.31 bits per heavy atom. The summed E-state index contributed by atoms with van der Waals surface area (Å²) < 4.78 is 5.51. The van der Waals surface area contributed by atoms with Gasteiger partial charge in [0.05, 0.1) is 6.61 Å². The smallest absolute Gasteiger partial charge is 0.193 e. The number of piperazine rings is 1. The molecule has 7 heteroatoms. The SMILES string of the molecule is CCOc1ccc(CN(C)C(=NC)NCCCCN2CCN(CC)CC2)cc1.I. The van der Waals surface area contributed by atoms with Crippen LogP contribution in [0.15, 0.2) is 29.3 Å². The predicted octanol–water partition coefficient (Wildman–Crippen LogP) is 3.13. The second kappa shape index (κ2) is 14.8. The van der Waals surface area contributed by atoms with Gasteiger partial charge in [-0.25, -0.2) is 0 Å². The first-order valence-corrected chi connectivity index (χ1v) is 10.7. The number of guanidine groups is 1. The fraction of sp³-hybridized carbons (Fsp3) is 0.682. The van der Waals surface area contributed by atoms with E-state index in [0.29, 0.717) is 6.61 Å². The third kappa shape index (κ3) is 9.53. The molecule has 0 amide bonds. The van der Waals surface area contributed by atoms with Gasteiger partial charge in [0.15, 0.2) is 5.96 Å². The van der Waals surface area contributed by atoms with E-state index in [1.807, 2.05) is 26.1 Å². The number of halogens is 1. The van der Waals surface area contributed by atoms with E-state index in [1.165, 1.54) is 57.7 Å². The summed E-state index contributed by atoms with van der Waals surface area (Å²) >= 11 is 0. The molecule has 0 spiro atoms. The van der Waals surface area contributed by atoms with Gasteiger partial charge in [-0.3, -0.25) is 4.99 Å². The van der Waals surface area contributed by atoms with E-state index >= 15 is 0 Å². The average Bonchev–Trinajstić information content (AvgIpc) is 2.72. The summed E-state index contributed by atoms with van der Waals surface area (Å²) in [5, 5.41) is 3.50. The molecule has 2 rings (SSSR count). The number of hydrogen-bond acceptors (Lipinski definition) is 4. The molecule has 1 heterocycles. The van der Waals surface area contributed by atoms with Crippen molar-refractivity contribution in [1.29, 1.82) is 0 Å². The molecule has 0 unspecified atom stereocenters. The van der Waals surface area contributed by atoms with Crippen LogP contribution in [0, 0.1) is 0 Å². The highest BCUT2D eigenvalue weighted by atomic mass is 127. The molecular formula is C22H40IN5O. The fourth-order valence-corrected chi connectivity index (χ4v) is 3.58. The summed E-state index contributed by atoms with van der Waals surface area (Å²) in [6.07, 6.45) is 2.41. The van der Waals surface area contributed by atoms with Crippen LogP contribution in [-0.2, 0) is 6.54 Å². The van der Waals surface area contributed by atoms with Crippen molar-refractivity contribution in [2.45, 2.75) is 33.2 Å². The summed E-state index contributed by atoms with van der Waals surface area (Å²) in [6.45, 7) is 14.0. The van der Waals surface area contributed by atoms with E-state index in [-0.39, 0.29) is 24.0 Å². The number of rotatable bonds is 10. The van der Waals surface area contributed by atoms with Crippen molar-refractivity contribution in [2.75, 3.05) is 66.5 Å². The number of hydrogen-bond donors (Lipinski definition) is 1. The normalized spacial score (nSPS) is 15.7. The highest BCUT2D eigenvalue weighted by Crippen LogP contribution is 2.13. The molecular weight excluding hydrogens is 477 g/mol. The van der Waals surface area contributed by atoms with E-state index in [0.717, 1.165) is 24.8 Å². The van der Waals surface area contributed by atoms with E-state index in [4.69, 9.17) is 4.74 Å². The lowest BCUT2D eigenvalue weighted by Gasteiger charge is -2.34. The maximum absolute atomic E-state index is 5.51. The van der Waals surface area contributed by atoms with Gasteiger partial charge in [0.25, 0.3) is 0 Å². The molecule has 1 N–H and O–H groups in total. The van der Waals surface area contributed by atoms with Crippen LogP contribution in [0.4, 0.5) is 0 Å². The number of nitrogens with one attached hydrogen (secondary N) is 1. The van der Waals surface area contributed by atoms with Gasteiger partial charge >= 0.3 is 0 Å². The van der Waals surface area contributed by atoms with E-state index in [1.54, 1.807) is 0 Å². The van der Waals surface area contributed by atoms with Gasteiger partial charge in [0, 0.05) is 53.4 Å². The molecule has 0 aromatic heterocycles. The van der Waals surface area contributed by atoms with Crippen molar-refractivity contribution in [2.24, 2.45) is 4.99 Å². The minimum absolute atomic E-state index is 0. The van der Waals surface area contributed by atoms with Crippen LogP contribution < -0.4 is 10.1 Å². The average molecular weight is 518 g/mol. The Hall–Kier alpha value is -1.06. The summed E-state index contributed by atoms with van der Waals surface area (Å²) in [7, 11) is 3.93. The number of aliphatic imine (C=N–C) groups is 1. The van der Waals surface area contributed by atoms with Crippen LogP contribution in [0.25, 0.3) is 0 Å². The summed E-state index contributed by atoms with van der Waals surface area (Å²) in [5.74, 6) is 1.87. The first-order valence-electron chi connectivity index (χ1n) is 10.7. The molecule has 1 aliphatic rings. The van der Waals surface area contributed by atoms with E-state index in [2.05, 4.69) is 51.1 Å². The van der Waals surface area contributed by atoms with Crippen molar-refractivity contribution in [3.8, 4) is 5.75 Å². The second-order valence-corrected chi connectivity index (χ2v) is 7.39. The molecule has 1 aromatic carbocycles. The van der Waals surface area contributed by atoms with Gasteiger partial charge in [-0.2, -0.15) is 0 Å². The van der Waals surface area contributed by atoms with Crippen LogP contribution in [0.2, 0.25) is 0 Å². The van der Waals surface area contributed by atoms with Gasteiger partial charge in [-0.1, -0.05) is 19.1 Å². The van der Waals surface area contributed by atoms with E-state index in [9.17, 15) is 0 Å². The summed E-state index contributed by atoms with van der Waals surface area (Å²) in [5.41, 5.74) is 1.25. The Balaban J connectivity index is 0.00000420. The minimum atomic E-state index is 0. The van der Waals surface area contributed by atoms with Gasteiger partial charge in [-0.05, 0) is 50.6 Å². The van der Waals surface area contributed by atoms with Crippen molar-refractivity contribution in [3.63, 3.8) is 0 Å². The molecule has 0 bridgehead atoms. The van der Waals surface area contributed by atoms with Crippen LogP contribution in [0.1, 0.15) is 32.3 Å². The lowest BCUT2D eigenvalue weighted by atomic mass is 10.2. The van der Waals surface area contributed by atoms with Gasteiger partial charge < -0.3 is 24.8 Å². The molecule has 29 heavy (non-hydrogen) atoms. The van der Waals surface area contributed by atoms with Crippen molar-refractivity contribution < 1.29 is 4.74 Å². The lowest BCUT2D eigenvalue weighted by molar-refractivity contribution is 0.136. The topological polar surface area (TPSA) is 43.3 Å². The fourth-order valence-electron chi connectivity index (χ4n) is 3.58. The Bertz CT molecular complexity index is 573. The van der Waals surface area contributed by atoms with E-state index < -0.39 is 0 Å². The number of benzene rings is 1. The zero-order valence-electron chi connectivity index (χ0n) is 18.7. The highest BCUT2D eigenvalue weighted by molar-refractivity contribution is 14.0. The molecule has 166 valence electrons. The first kappa shape index (κ1) is 26.0. The van der Waals surface area contributed by atoms with Crippen molar-refractivity contribution in [3.05, 3.63) is 29.8 Å². The van der Waals surface area contributed by atoms with Crippen molar-refractivity contribution in [1.82, 2.24) is 20.0 Å². The van der Waals surface area contributed by atoms with Gasteiger partial charge in [0.2, 0.25) is 0 Å². The first-order chi connectivity index (χ1) is 13.7. The molecule has 0 aliphatic carbocycles. The Morgan fingerprint density at radius 2 is 1.72 bits per heavy atom. The Kier molecular flexibility index (Phi) is 13.3. The quantitative estimate of drug-likeness (QED) is 0.224. The van der Waals surface area contributed by atoms with Crippen molar-refractivity contribution >= 4 is 29.9 Å². The second-order valence-electron chi connectivity index (χ2n) is 7.39. The minimum Gasteiger partial charge on any atom is -0.494 e. The standard InChI is InChI=1S/C22H39N5O.HI/c1-5-26-15-17-27(18-16-26)14-8-7-13-24-22(23-3)25(4)19-20-9-11-21(12-10-20)28-6-2;/h9-12H,5-8,13-19H2,1-4H3,(H,23,24);1H. The van der Waals surface area contributed by atoms with Gasteiger partial charge in [-0.15, -0.1) is 24.0 Å². The van der Waals surface area contributed by atoms with Crippen LogP contribution in [-0.4, -0.2) is 87.2 Å². The maximum atomic E-state index is 5.51. The number of unbranched alkanes of at least 4 members (excludes halogenated alkanes) is 1. The maximum Gasteiger partial charge on any atom is 0.193 e. The third-order valence-corrected chi connectivity index (χ3v) is 5.32.